The zero-order valence-electron chi connectivity index (χ0n) is 31.6. The molecule has 3 aromatic heterocycles. The molecule has 3 heterocycles. The van der Waals surface area contributed by atoms with Crippen molar-refractivity contribution in [2.24, 2.45) is 0 Å². The van der Waals surface area contributed by atoms with E-state index in [1.807, 2.05) is 0 Å². The third-order valence-electron chi connectivity index (χ3n) is 12.4. The number of benzene rings is 10. The molecule has 0 amide bonds. The fourth-order valence-corrected chi connectivity index (χ4v) is 14.6. The second kappa shape index (κ2) is 12.5. The second-order valence-electron chi connectivity index (χ2n) is 15.5. The van der Waals surface area contributed by atoms with Crippen LogP contribution in [0.5, 0.6) is 0 Å². The summed E-state index contributed by atoms with van der Waals surface area (Å²) in [5.74, 6) is 0. The van der Waals surface area contributed by atoms with Crippen molar-refractivity contribution in [2.75, 3.05) is 0 Å². The highest BCUT2D eigenvalue weighted by Crippen LogP contribution is 2.48. The van der Waals surface area contributed by atoms with Crippen LogP contribution in [0.4, 0.5) is 0 Å². The topological polar surface area (TPSA) is 22.0 Å². The summed E-state index contributed by atoms with van der Waals surface area (Å²) in [6.45, 7) is 0. The van der Waals surface area contributed by atoms with Gasteiger partial charge in [-0.1, -0.05) is 109 Å². The van der Waals surface area contributed by atoms with Gasteiger partial charge in [-0.15, -0.1) is 22.7 Å². The van der Waals surface area contributed by atoms with Crippen LogP contribution in [0.25, 0.3) is 100 Å². The summed E-state index contributed by atoms with van der Waals surface area (Å²) in [5.41, 5.74) is 3.49. The van der Waals surface area contributed by atoms with E-state index >= 15 is 4.57 Å². The zero-order chi connectivity index (χ0) is 38.8. The lowest BCUT2D eigenvalue weighted by Gasteiger charge is -2.22. The van der Waals surface area contributed by atoms with Crippen molar-refractivity contribution >= 4 is 140 Å². The molecule has 10 aromatic carbocycles. The normalized spacial score (nSPS) is 12.5. The maximum Gasteiger partial charge on any atom is 0.171 e. The molecule has 0 saturated carbocycles. The average Bonchev–Trinajstić information content (AvgIpc) is 3.97. The van der Waals surface area contributed by atoms with E-state index in [0.717, 1.165) is 48.5 Å². The van der Waals surface area contributed by atoms with Gasteiger partial charge in [0, 0.05) is 72.7 Å². The van der Waals surface area contributed by atoms with Gasteiger partial charge in [0.25, 0.3) is 0 Å². The first-order valence-corrected chi connectivity index (χ1v) is 23.3. The van der Waals surface area contributed by atoms with Crippen LogP contribution in [0.3, 0.4) is 0 Å². The van der Waals surface area contributed by atoms with E-state index in [0.29, 0.717) is 0 Å². The number of hydrogen-bond donors (Lipinski definition) is 0. The first-order valence-electron chi connectivity index (χ1n) is 19.9. The Morgan fingerprint density at radius 3 is 1.37 bits per heavy atom. The molecule has 0 aliphatic heterocycles. The second-order valence-corrected chi connectivity index (χ2v) is 20.5. The van der Waals surface area contributed by atoms with Gasteiger partial charge in [0.05, 0.1) is 11.0 Å². The minimum Gasteiger partial charge on any atom is -0.309 e. The van der Waals surface area contributed by atoms with Gasteiger partial charge in [-0.25, -0.2) is 0 Å². The van der Waals surface area contributed by atoms with Crippen molar-refractivity contribution in [3.05, 3.63) is 194 Å². The van der Waals surface area contributed by atoms with E-state index in [2.05, 4.69) is 199 Å². The van der Waals surface area contributed by atoms with E-state index in [-0.39, 0.29) is 0 Å². The molecule has 5 heteroatoms. The highest BCUT2D eigenvalue weighted by atomic mass is 32.1. The van der Waals surface area contributed by atoms with E-state index in [1.165, 1.54) is 67.5 Å². The quantitative estimate of drug-likeness (QED) is 0.128. The van der Waals surface area contributed by atoms with Gasteiger partial charge in [-0.2, -0.15) is 0 Å². The smallest absolute Gasteiger partial charge is 0.171 e. The number of nitrogens with zero attached hydrogens (tertiary/aromatic N) is 1. The van der Waals surface area contributed by atoms with Gasteiger partial charge in [0.1, 0.15) is 0 Å². The first kappa shape index (κ1) is 33.4. The fraction of sp³-hybridized carbons (Fsp3) is 0. The minimum absolute atomic E-state index is 0.840. The molecule has 0 bridgehead atoms. The predicted octanol–water partition coefficient (Wildman–Crippen LogP) is 14.6. The van der Waals surface area contributed by atoms with E-state index < -0.39 is 7.14 Å². The van der Waals surface area contributed by atoms with Crippen LogP contribution in [0.1, 0.15) is 0 Å². The maximum atomic E-state index is 16.7. The molecule has 0 saturated heterocycles. The molecule has 0 unspecified atom stereocenters. The molecule has 0 atom stereocenters. The van der Waals surface area contributed by atoms with E-state index in [4.69, 9.17) is 0 Å². The Bertz CT molecular complexity index is 3830. The SMILES string of the molecule is O=P(c1ccc2sc3ccccc3c2c1)(c1ccc2sc3ccccc3c2c1)c1ccc2c(c1)c1ccccc1c1cc3c4ccccc4n(-c4ccccc4)c3cc21. The Hall–Kier alpha value is -6.55. The van der Waals surface area contributed by atoms with Crippen molar-refractivity contribution in [1.82, 2.24) is 4.57 Å². The van der Waals surface area contributed by atoms with Gasteiger partial charge in [-0.3, -0.25) is 0 Å². The molecule has 0 aliphatic carbocycles. The Morgan fingerprint density at radius 1 is 0.305 bits per heavy atom. The third kappa shape index (κ3) is 4.77. The predicted molar refractivity (Wildman–Crippen MR) is 258 cm³/mol. The van der Waals surface area contributed by atoms with Crippen molar-refractivity contribution in [3.63, 3.8) is 0 Å². The Morgan fingerprint density at radius 2 is 0.746 bits per heavy atom. The van der Waals surface area contributed by atoms with Gasteiger partial charge >= 0.3 is 0 Å². The van der Waals surface area contributed by atoms with Crippen LogP contribution in [-0.2, 0) is 4.57 Å². The molecule has 0 spiro atoms. The molecule has 13 aromatic rings. The summed E-state index contributed by atoms with van der Waals surface area (Å²) in [6.07, 6.45) is 0. The monoisotopic (exact) mass is 805 g/mol. The van der Waals surface area contributed by atoms with Crippen LogP contribution in [0, 0.1) is 0 Å². The highest BCUT2D eigenvalue weighted by molar-refractivity contribution is 7.85. The standard InChI is InChI=1S/C54H32NOPS2/c56-57(35-23-26-53-47(29-35)41-17-7-10-20-51(41)58-53,36-24-27-54-48(30-36)42-18-8-11-21-52(42)59-54)34-22-25-39-43(28-34)37-14-4-5-15-38(37)44-31-46-40-16-6-9-19-49(40)55(50(46)32-45(39)44)33-12-2-1-3-13-33/h1-32H. The Labute approximate surface area is 347 Å². The van der Waals surface area contributed by atoms with Crippen molar-refractivity contribution in [1.29, 1.82) is 0 Å². The lowest BCUT2D eigenvalue weighted by molar-refractivity contribution is 0.592. The minimum atomic E-state index is -3.44. The molecule has 276 valence electrons. The number of hydrogen-bond acceptors (Lipinski definition) is 3. The summed E-state index contributed by atoms with van der Waals surface area (Å²) < 4.78 is 24.0. The van der Waals surface area contributed by atoms with Gasteiger partial charge in [-0.05, 0) is 117 Å². The van der Waals surface area contributed by atoms with Crippen LogP contribution < -0.4 is 15.9 Å². The number of fused-ring (bicyclic) bond motifs is 15. The average molecular weight is 806 g/mol. The number of rotatable bonds is 4. The van der Waals surface area contributed by atoms with Crippen molar-refractivity contribution in [2.45, 2.75) is 0 Å². The summed E-state index contributed by atoms with van der Waals surface area (Å²) in [6, 6.07) is 69.7. The van der Waals surface area contributed by atoms with Crippen molar-refractivity contribution in [3.8, 4) is 5.69 Å². The van der Waals surface area contributed by atoms with Gasteiger partial charge in [0.15, 0.2) is 7.14 Å². The van der Waals surface area contributed by atoms with Crippen LogP contribution in [-0.4, -0.2) is 4.57 Å². The van der Waals surface area contributed by atoms with Crippen molar-refractivity contribution < 1.29 is 4.57 Å². The lowest BCUT2D eigenvalue weighted by Crippen LogP contribution is -2.25. The molecule has 2 nitrogen and oxygen atoms in total. The molecule has 13 rings (SSSR count). The molecule has 0 N–H and O–H groups in total. The number of aromatic nitrogens is 1. The van der Waals surface area contributed by atoms with Crippen LogP contribution in [0.2, 0.25) is 0 Å². The fourth-order valence-electron chi connectivity index (χ4n) is 9.72. The molecule has 59 heavy (non-hydrogen) atoms. The van der Waals surface area contributed by atoms with Gasteiger partial charge in [0.2, 0.25) is 0 Å². The Balaban J connectivity index is 1.12. The van der Waals surface area contributed by atoms with Crippen LogP contribution in [0.15, 0.2) is 194 Å². The molecule has 0 fully saturated rings. The molecular weight excluding hydrogens is 774 g/mol. The largest absolute Gasteiger partial charge is 0.309 e. The van der Waals surface area contributed by atoms with E-state index in [9.17, 15) is 0 Å². The van der Waals surface area contributed by atoms with Crippen LogP contribution >= 0.6 is 29.8 Å². The number of thiophene rings is 2. The highest BCUT2D eigenvalue weighted by Gasteiger charge is 2.32. The number of para-hydroxylation sites is 2. The maximum absolute atomic E-state index is 16.7. The summed E-state index contributed by atoms with van der Waals surface area (Å²) >= 11 is 3.59. The zero-order valence-corrected chi connectivity index (χ0v) is 34.1. The first-order chi connectivity index (χ1) is 29.1. The molecule has 0 radical (unpaired) electrons. The summed E-state index contributed by atoms with van der Waals surface area (Å²) in [7, 11) is -3.44. The molecule has 0 aliphatic rings. The summed E-state index contributed by atoms with van der Waals surface area (Å²) in [4.78, 5) is 0. The van der Waals surface area contributed by atoms with E-state index in [1.54, 1.807) is 22.7 Å². The Kier molecular flexibility index (Phi) is 7.07. The summed E-state index contributed by atoms with van der Waals surface area (Å²) in [5, 5.41) is 16.7. The van der Waals surface area contributed by atoms with Gasteiger partial charge < -0.3 is 9.13 Å². The lowest BCUT2D eigenvalue weighted by atomic mass is 9.93. The third-order valence-corrected chi connectivity index (χ3v) is 17.8. The molecular formula is C54H32NOPS2.